The van der Waals surface area contributed by atoms with Crippen LogP contribution in [0.25, 0.3) is 0 Å². The van der Waals surface area contributed by atoms with Gasteiger partial charge in [-0.15, -0.1) is 0 Å². The number of sulfonamides is 1. The first kappa shape index (κ1) is 32.7. The van der Waals surface area contributed by atoms with E-state index in [0.29, 0.717) is 33.5 Å². The Balaban J connectivity index is 2.08. The van der Waals surface area contributed by atoms with Crippen LogP contribution in [0, 0.1) is 6.92 Å². The monoisotopic (exact) mass is 637 g/mol. The summed E-state index contributed by atoms with van der Waals surface area (Å²) in [6, 6.07) is 16.5. The van der Waals surface area contributed by atoms with Crippen LogP contribution in [0.4, 0.5) is 5.69 Å². The summed E-state index contributed by atoms with van der Waals surface area (Å²) in [4.78, 5) is 28.9. The van der Waals surface area contributed by atoms with Crippen LogP contribution in [-0.4, -0.2) is 43.8 Å². The summed E-state index contributed by atoms with van der Waals surface area (Å²) in [6.45, 7) is 6.86. The van der Waals surface area contributed by atoms with E-state index >= 15 is 0 Å². The highest BCUT2D eigenvalue weighted by Crippen LogP contribution is 2.28. The van der Waals surface area contributed by atoms with Gasteiger partial charge in [0.1, 0.15) is 12.6 Å². The summed E-state index contributed by atoms with van der Waals surface area (Å²) in [5.74, 6) is -0.922. The van der Waals surface area contributed by atoms with Crippen molar-refractivity contribution < 1.29 is 18.0 Å². The third-order valence-electron chi connectivity index (χ3n) is 6.73. The smallest absolute Gasteiger partial charge is 0.264 e. The van der Waals surface area contributed by atoms with Crippen molar-refractivity contribution in [2.45, 2.75) is 64.1 Å². The van der Waals surface area contributed by atoms with Crippen LogP contribution in [0.3, 0.4) is 0 Å². The lowest BCUT2D eigenvalue weighted by atomic mass is 10.1. The van der Waals surface area contributed by atoms with Crippen molar-refractivity contribution in [1.29, 1.82) is 0 Å². The lowest BCUT2D eigenvalue weighted by molar-refractivity contribution is -0.140. The van der Waals surface area contributed by atoms with Gasteiger partial charge in [0.2, 0.25) is 11.8 Å². The molecule has 0 saturated heterocycles. The third kappa shape index (κ3) is 8.38. The largest absolute Gasteiger partial charge is 0.352 e. The standard InChI is InChI=1S/C30H34Cl3N3O4S/c1-5-21(4)34-30(38)28(6-2)35(18-22-12-13-24(32)17-27(22)33)29(37)19-36(25-9-7-8-23(31)16-25)41(39,40)26-14-10-20(3)11-15-26/h7-17,21,28H,5-6,18-19H2,1-4H3,(H,34,38). The van der Waals surface area contributed by atoms with Crippen molar-refractivity contribution in [2.75, 3.05) is 10.8 Å². The Kier molecular flexibility index (Phi) is 11.5. The Morgan fingerprint density at radius 3 is 2.15 bits per heavy atom. The number of rotatable bonds is 12. The second-order valence-electron chi connectivity index (χ2n) is 9.80. The molecule has 0 bridgehead atoms. The van der Waals surface area contributed by atoms with Gasteiger partial charge >= 0.3 is 0 Å². The number of amides is 2. The van der Waals surface area contributed by atoms with Crippen molar-refractivity contribution in [3.05, 3.63) is 92.9 Å². The van der Waals surface area contributed by atoms with Gasteiger partial charge in [0.05, 0.1) is 10.6 Å². The molecule has 2 atom stereocenters. The van der Waals surface area contributed by atoms with Crippen molar-refractivity contribution in [1.82, 2.24) is 10.2 Å². The summed E-state index contributed by atoms with van der Waals surface area (Å²) in [6.07, 6.45) is 0.998. The summed E-state index contributed by atoms with van der Waals surface area (Å²) in [5, 5.41) is 4.00. The predicted octanol–water partition coefficient (Wildman–Crippen LogP) is 6.87. The van der Waals surface area contributed by atoms with Crippen LogP contribution in [0.15, 0.2) is 71.6 Å². The van der Waals surface area contributed by atoms with E-state index in [2.05, 4.69) is 5.32 Å². The Hall–Kier alpha value is -2.78. The quantitative estimate of drug-likeness (QED) is 0.235. The lowest BCUT2D eigenvalue weighted by Crippen LogP contribution is -2.53. The molecular formula is C30H34Cl3N3O4S. The molecule has 11 heteroatoms. The summed E-state index contributed by atoms with van der Waals surface area (Å²) in [5.41, 5.74) is 1.67. The highest BCUT2D eigenvalue weighted by Gasteiger charge is 2.34. The SMILES string of the molecule is CCC(C)NC(=O)C(CC)N(Cc1ccc(Cl)cc1Cl)C(=O)CN(c1cccc(Cl)c1)S(=O)(=O)c1ccc(C)cc1. The first-order valence-corrected chi connectivity index (χ1v) is 15.8. The van der Waals surface area contributed by atoms with Crippen LogP contribution in [0.2, 0.25) is 15.1 Å². The van der Waals surface area contributed by atoms with Gasteiger partial charge in [0, 0.05) is 27.7 Å². The molecule has 2 amide bonds. The molecule has 220 valence electrons. The number of hydrogen-bond donors (Lipinski definition) is 1. The van der Waals surface area contributed by atoms with Gasteiger partial charge in [-0.05, 0) is 74.7 Å². The third-order valence-corrected chi connectivity index (χ3v) is 9.34. The first-order chi connectivity index (χ1) is 19.4. The number of carbonyl (C=O) groups is 2. The van der Waals surface area contributed by atoms with Crippen LogP contribution in [0.1, 0.15) is 44.7 Å². The number of anilines is 1. The van der Waals surface area contributed by atoms with Crippen LogP contribution < -0.4 is 9.62 Å². The van der Waals surface area contributed by atoms with Crippen molar-refractivity contribution in [3.8, 4) is 0 Å². The second-order valence-corrected chi connectivity index (χ2v) is 12.9. The molecule has 0 fully saturated rings. The minimum Gasteiger partial charge on any atom is -0.352 e. The van der Waals surface area contributed by atoms with Gasteiger partial charge in [-0.3, -0.25) is 13.9 Å². The molecule has 0 spiro atoms. The topological polar surface area (TPSA) is 86.8 Å². The minimum absolute atomic E-state index is 0.0183. The van der Waals surface area contributed by atoms with Crippen LogP contribution in [0.5, 0.6) is 0 Å². The molecule has 7 nitrogen and oxygen atoms in total. The van der Waals surface area contributed by atoms with E-state index in [-0.39, 0.29) is 29.1 Å². The Morgan fingerprint density at radius 1 is 0.902 bits per heavy atom. The maximum absolute atomic E-state index is 14.1. The van der Waals surface area contributed by atoms with Gasteiger partial charge in [0.25, 0.3) is 10.0 Å². The Bertz CT molecular complexity index is 1480. The number of aryl methyl sites for hydroxylation is 1. The average Bonchev–Trinajstić information content (AvgIpc) is 2.92. The van der Waals surface area contributed by atoms with Gasteiger partial charge < -0.3 is 10.2 Å². The minimum atomic E-state index is -4.20. The molecule has 2 unspecified atom stereocenters. The fourth-order valence-corrected chi connectivity index (χ4v) is 6.25. The molecular weight excluding hydrogens is 605 g/mol. The van der Waals surface area contributed by atoms with Gasteiger partial charge in [-0.2, -0.15) is 0 Å². The Morgan fingerprint density at radius 2 is 1.56 bits per heavy atom. The molecule has 3 rings (SSSR count). The fraction of sp³-hybridized carbons (Fsp3) is 0.333. The summed E-state index contributed by atoms with van der Waals surface area (Å²) < 4.78 is 28.9. The Labute approximate surface area is 257 Å². The molecule has 3 aromatic carbocycles. The fourth-order valence-electron chi connectivity index (χ4n) is 4.19. The number of nitrogens with one attached hydrogen (secondary N) is 1. The molecule has 0 aliphatic rings. The molecule has 0 radical (unpaired) electrons. The van der Waals surface area contributed by atoms with E-state index in [9.17, 15) is 18.0 Å². The molecule has 0 aliphatic heterocycles. The van der Waals surface area contributed by atoms with E-state index in [1.54, 1.807) is 55.5 Å². The lowest BCUT2D eigenvalue weighted by Gasteiger charge is -2.34. The second kappa shape index (κ2) is 14.4. The first-order valence-electron chi connectivity index (χ1n) is 13.3. The molecule has 0 aromatic heterocycles. The van der Waals surface area contributed by atoms with Crippen LogP contribution >= 0.6 is 34.8 Å². The molecule has 0 aliphatic carbocycles. The van der Waals surface area contributed by atoms with Gasteiger partial charge in [0.15, 0.2) is 0 Å². The van der Waals surface area contributed by atoms with E-state index in [4.69, 9.17) is 34.8 Å². The maximum Gasteiger partial charge on any atom is 0.264 e. The number of hydrogen-bond acceptors (Lipinski definition) is 4. The zero-order valence-electron chi connectivity index (χ0n) is 23.4. The van der Waals surface area contributed by atoms with E-state index in [1.165, 1.54) is 23.1 Å². The highest BCUT2D eigenvalue weighted by molar-refractivity contribution is 7.92. The number of nitrogens with zero attached hydrogens (tertiary/aromatic N) is 2. The molecule has 41 heavy (non-hydrogen) atoms. The zero-order chi connectivity index (χ0) is 30.3. The zero-order valence-corrected chi connectivity index (χ0v) is 26.5. The van der Waals surface area contributed by atoms with Crippen molar-refractivity contribution in [3.63, 3.8) is 0 Å². The van der Waals surface area contributed by atoms with E-state index in [0.717, 1.165) is 9.87 Å². The number of benzene rings is 3. The van der Waals surface area contributed by atoms with Gasteiger partial charge in [-0.1, -0.05) is 78.5 Å². The average molecular weight is 639 g/mol. The van der Waals surface area contributed by atoms with Crippen molar-refractivity contribution >= 4 is 62.3 Å². The number of halogens is 3. The molecule has 3 aromatic rings. The van der Waals surface area contributed by atoms with Crippen LogP contribution in [-0.2, 0) is 26.2 Å². The highest BCUT2D eigenvalue weighted by atomic mass is 35.5. The number of carbonyl (C=O) groups excluding carboxylic acids is 2. The van der Waals surface area contributed by atoms with Crippen molar-refractivity contribution in [2.24, 2.45) is 0 Å². The molecule has 0 saturated carbocycles. The molecule has 1 N–H and O–H groups in total. The van der Waals surface area contributed by atoms with E-state index < -0.39 is 28.5 Å². The summed E-state index contributed by atoms with van der Waals surface area (Å²) >= 11 is 18.8. The summed E-state index contributed by atoms with van der Waals surface area (Å²) in [7, 11) is -4.20. The normalized spacial score (nSPS) is 12.9. The predicted molar refractivity (Wildman–Crippen MR) is 166 cm³/mol. The van der Waals surface area contributed by atoms with Gasteiger partial charge in [-0.25, -0.2) is 8.42 Å². The van der Waals surface area contributed by atoms with E-state index in [1.807, 2.05) is 20.8 Å². The molecule has 0 heterocycles. The maximum atomic E-state index is 14.1.